The fourth-order valence-corrected chi connectivity index (χ4v) is 7.66. The minimum absolute atomic E-state index is 0.0435. The molecular formula is C28H42N8O5S. The van der Waals surface area contributed by atoms with Crippen LogP contribution in [0.5, 0.6) is 0 Å². The fourth-order valence-electron chi connectivity index (χ4n) is 6.78. The molecule has 14 heteroatoms. The van der Waals surface area contributed by atoms with Crippen LogP contribution >= 0.6 is 0 Å². The van der Waals surface area contributed by atoms with Crippen molar-refractivity contribution in [3.05, 3.63) is 35.9 Å². The molecule has 4 heterocycles. The fraction of sp³-hybridized carbons (Fsp3) is 0.643. The number of nitrogens with one attached hydrogen (secondary N) is 3. The highest BCUT2D eigenvalue weighted by Gasteiger charge is 2.44. The molecule has 5 N–H and O–H groups in total. The number of allylic oxidation sites excluding steroid dienone is 2. The molecular weight excluding hydrogens is 560 g/mol. The number of methoxy groups -OCH3 is 1. The number of nitrogens with zero attached hydrogens (tertiary/aromatic N) is 4. The summed E-state index contributed by atoms with van der Waals surface area (Å²) < 4.78 is 30.3. The number of amides is 2. The Labute approximate surface area is 247 Å². The second-order valence-electron chi connectivity index (χ2n) is 11.8. The van der Waals surface area contributed by atoms with Crippen LogP contribution in [0.1, 0.15) is 56.1 Å². The topological polar surface area (TPSA) is 178 Å². The Balaban J connectivity index is 1.31. The summed E-state index contributed by atoms with van der Waals surface area (Å²) in [4.78, 5) is 37.5. The van der Waals surface area contributed by atoms with E-state index in [-0.39, 0.29) is 35.8 Å². The van der Waals surface area contributed by atoms with E-state index in [1.807, 2.05) is 23.1 Å². The Kier molecular flexibility index (Phi) is 8.92. The standard InChI is InChI=1S/C28H42N8O5S/c1-41-28(38)32-22-5-3-19(4-6-22)23-16-31-25(33-23)24-15-21(18-9-13-35(14-10-18)42(2,39)40)17-36(24)26(37)20-7-11-34(12-8-20)27(29)30/h3-5,16,18,20-22,24H,6-15,17H2,1-2H3,(H3,29,30)(H,31,33)(H,32,38)/t21-,22?,24?/m0/s1. The first kappa shape index (κ1) is 30.1. The number of guanidine groups is 1. The molecule has 42 heavy (non-hydrogen) atoms. The maximum absolute atomic E-state index is 14.0. The lowest BCUT2D eigenvalue weighted by Crippen LogP contribution is -2.46. The van der Waals surface area contributed by atoms with Gasteiger partial charge in [-0.1, -0.05) is 18.2 Å². The van der Waals surface area contributed by atoms with Gasteiger partial charge in [-0.3, -0.25) is 10.2 Å². The summed E-state index contributed by atoms with van der Waals surface area (Å²) in [6.07, 6.45) is 12.8. The number of ether oxygens (including phenoxy) is 1. The van der Waals surface area contributed by atoms with Gasteiger partial charge >= 0.3 is 6.09 Å². The molecule has 0 aromatic carbocycles. The number of piperidine rings is 2. The third-order valence-electron chi connectivity index (χ3n) is 9.25. The minimum Gasteiger partial charge on any atom is -0.453 e. The number of likely N-dealkylation sites (tertiary alicyclic amines) is 2. The van der Waals surface area contributed by atoms with Crippen molar-refractivity contribution in [3.8, 4) is 0 Å². The number of hydrogen-bond donors (Lipinski definition) is 4. The number of nitrogens with two attached hydrogens (primary N) is 1. The van der Waals surface area contributed by atoms with Gasteiger partial charge in [0.15, 0.2) is 5.96 Å². The van der Waals surface area contributed by atoms with E-state index in [2.05, 4.69) is 15.0 Å². The van der Waals surface area contributed by atoms with Gasteiger partial charge in [0.1, 0.15) is 5.82 Å². The zero-order chi connectivity index (χ0) is 30.0. The molecule has 1 aromatic heterocycles. The first-order valence-corrected chi connectivity index (χ1v) is 16.5. The number of imidazole rings is 1. The molecule has 3 aliphatic heterocycles. The van der Waals surface area contributed by atoms with E-state index >= 15 is 0 Å². The van der Waals surface area contributed by atoms with Gasteiger partial charge in [0.25, 0.3) is 0 Å². The van der Waals surface area contributed by atoms with E-state index in [1.165, 1.54) is 13.4 Å². The van der Waals surface area contributed by atoms with Crippen molar-refractivity contribution in [3.63, 3.8) is 0 Å². The SMILES string of the molecule is COC(=O)NC1C=CC(c2cnc(C3C[C@H](C4CCN(S(C)(=O)=O)CC4)CN3C(=O)C3CCN(C(=N)N)CC3)[nH]2)=CC1. The van der Waals surface area contributed by atoms with Crippen molar-refractivity contribution in [2.75, 3.05) is 46.1 Å². The third-order valence-corrected chi connectivity index (χ3v) is 10.5. The van der Waals surface area contributed by atoms with E-state index in [1.54, 1.807) is 15.4 Å². The Morgan fingerprint density at radius 3 is 2.45 bits per heavy atom. The number of sulfonamides is 1. The average Bonchev–Trinajstić information content (AvgIpc) is 3.65. The maximum Gasteiger partial charge on any atom is 0.407 e. The molecule has 0 bridgehead atoms. The quantitative estimate of drug-likeness (QED) is 0.280. The van der Waals surface area contributed by atoms with E-state index in [0.29, 0.717) is 57.9 Å². The second-order valence-corrected chi connectivity index (χ2v) is 13.8. The summed E-state index contributed by atoms with van der Waals surface area (Å²) >= 11 is 0. The Bertz CT molecular complexity index is 1340. The number of aromatic nitrogens is 2. The van der Waals surface area contributed by atoms with Gasteiger partial charge in [-0.05, 0) is 55.9 Å². The molecule has 13 nitrogen and oxygen atoms in total. The first-order chi connectivity index (χ1) is 20.0. The normalized spacial score (nSPS) is 26.2. The van der Waals surface area contributed by atoms with Crippen LogP contribution in [-0.2, 0) is 19.6 Å². The van der Waals surface area contributed by atoms with Crippen LogP contribution in [0.3, 0.4) is 0 Å². The number of aromatic amines is 1. The predicted molar refractivity (Wildman–Crippen MR) is 158 cm³/mol. The highest BCUT2D eigenvalue weighted by atomic mass is 32.2. The average molecular weight is 603 g/mol. The Hall–Kier alpha value is -3.39. The molecule has 2 amide bonds. The smallest absolute Gasteiger partial charge is 0.407 e. The zero-order valence-electron chi connectivity index (χ0n) is 24.3. The van der Waals surface area contributed by atoms with Gasteiger partial charge in [0.2, 0.25) is 15.9 Å². The van der Waals surface area contributed by atoms with Gasteiger partial charge in [-0.2, -0.15) is 0 Å². The summed E-state index contributed by atoms with van der Waals surface area (Å²) in [5, 5.41) is 10.5. The molecule has 1 aromatic rings. The minimum atomic E-state index is -3.21. The van der Waals surface area contributed by atoms with Gasteiger partial charge in [-0.15, -0.1) is 0 Å². The summed E-state index contributed by atoms with van der Waals surface area (Å²) in [5.41, 5.74) is 7.49. The molecule has 0 saturated carbocycles. The highest BCUT2D eigenvalue weighted by Crippen LogP contribution is 2.42. The van der Waals surface area contributed by atoms with E-state index < -0.39 is 16.1 Å². The number of carbonyl (C=O) groups excluding carboxylic acids is 2. The van der Waals surface area contributed by atoms with Crippen LogP contribution in [0.15, 0.2) is 24.4 Å². The van der Waals surface area contributed by atoms with Crippen molar-refractivity contribution in [1.29, 1.82) is 5.41 Å². The van der Waals surface area contributed by atoms with Crippen LogP contribution < -0.4 is 11.1 Å². The van der Waals surface area contributed by atoms with E-state index in [0.717, 1.165) is 36.4 Å². The van der Waals surface area contributed by atoms with Crippen LogP contribution in [-0.4, -0.2) is 103 Å². The molecule has 1 aliphatic carbocycles. The summed E-state index contributed by atoms with van der Waals surface area (Å²) in [7, 11) is -1.87. The number of H-pyrrole nitrogens is 1. The Morgan fingerprint density at radius 1 is 1.14 bits per heavy atom. The van der Waals surface area contributed by atoms with Crippen LogP contribution in [0.4, 0.5) is 4.79 Å². The Morgan fingerprint density at radius 2 is 1.86 bits per heavy atom. The molecule has 3 atom stereocenters. The van der Waals surface area contributed by atoms with Crippen LogP contribution in [0, 0.1) is 23.2 Å². The molecule has 0 spiro atoms. The van der Waals surface area contributed by atoms with Crippen molar-refractivity contribution < 1.29 is 22.7 Å². The van der Waals surface area contributed by atoms with Gasteiger partial charge in [-0.25, -0.2) is 22.5 Å². The lowest BCUT2D eigenvalue weighted by molar-refractivity contribution is -0.138. The molecule has 5 rings (SSSR count). The molecule has 2 unspecified atom stereocenters. The van der Waals surface area contributed by atoms with Crippen molar-refractivity contribution in [2.24, 2.45) is 23.5 Å². The highest BCUT2D eigenvalue weighted by molar-refractivity contribution is 7.88. The summed E-state index contributed by atoms with van der Waals surface area (Å²) in [6, 6.07) is -0.340. The van der Waals surface area contributed by atoms with Gasteiger partial charge in [0, 0.05) is 38.6 Å². The molecule has 0 radical (unpaired) electrons. The monoisotopic (exact) mass is 602 g/mol. The van der Waals surface area contributed by atoms with Crippen molar-refractivity contribution in [2.45, 2.75) is 50.6 Å². The largest absolute Gasteiger partial charge is 0.453 e. The molecule has 3 saturated heterocycles. The lowest BCUT2D eigenvalue weighted by Gasteiger charge is -2.35. The van der Waals surface area contributed by atoms with Gasteiger partial charge < -0.3 is 30.6 Å². The summed E-state index contributed by atoms with van der Waals surface area (Å²) in [5.74, 6) is 1.37. The number of carbonyl (C=O) groups is 2. The number of hydrogen-bond acceptors (Lipinski definition) is 7. The number of alkyl carbamates (subject to hydrolysis) is 1. The number of rotatable bonds is 6. The molecule has 3 fully saturated rings. The zero-order valence-corrected chi connectivity index (χ0v) is 25.1. The lowest BCUT2D eigenvalue weighted by atomic mass is 9.83. The van der Waals surface area contributed by atoms with Crippen LogP contribution in [0.2, 0.25) is 0 Å². The van der Waals surface area contributed by atoms with Gasteiger partial charge in [0.05, 0.1) is 37.3 Å². The molecule has 4 aliphatic rings. The predicted octanol–water partition coefficient (Wildman–Crippen LogP) is 1.64. The van der Waals surface area contributed by atoms with E-state index in [4.69, 9.17) is 16.1 Å². The maximum atomic E-state index is 14.0. The van der Waals surface area contributed by atoms with Crippen molar-refractivity contribution >= 4 is 33.6 Å². The van der Waals surface area contributed by atoms with E-state index in [9.17, 15) is 18.0 Å². The molecule has 230 valence electrons. The van der Waals surface area contributed by atoms with Crippen molar-refractivity contribution in [1.82, 2.24) is 29.4 Å². The second kappa shape index (κ2) is 12.5. The van der Waals surface area contributed by atoms with Crippen LogP contribution in [0.25, 0.3) is 5.57 Å². The summed E-state index contributed by atoms with van der Waals surface area (Å²) in [6.45, 7) is 2.84. The third kappa shape index (κ3) is 6.64. The first-order valence-electron chi connectivity index (χ1n) is 14.7.